The maximum Gasteiger partial charge on any atom is 0.241 e. The summed E-state index contributed by atoms with van der Waals surface area (Å²) in [5.74, 6) is 0. The van der Waals surface area contributed by atoms with Crippen molar-refractivity contribution in [1.82, 2.24) is 4.72 Å². The van der Waals surface area contributed by atoms with Crippen LogP contribution in [0.3, 0.4) is 0 Å². The van der Waals surface area contributed by atoms with E-state index in [0.29, 0.717) is 4.90 Å². The van der Waals surface area contributed by atoms with E-state index in [4.69, 9.17) is 0 Å². The van der Waals surface area contributed by atoms with Crippen molar-refractivity contribution in [2.75, 3.05) is 4.43 Å². The Morgan fingerprint density at radius 3 is 2.45 bits per heavy atom. The number of halogens is 2. The Bertz CT molecular complexity index is 732. The van der Waals surface area contributed by atoms with Crippen LogP contribution in [0.15, 0.2) is 57.9 Å². The van der Waals surface area contributed by atoms with Gasteiger partial charge in [0.15, 0.2) is 0 Å². The van der Waals surface area contributed by atoms with Gasteiger partial charge >= 0.3 is 0 Å². The van der Waals surface area contributed by atoms with Gasteiger partial charge in [0.1, 0.15) is 0 Å². The van der Waals surface area contributed by atoms with Crippen LogP contribution in [-0.4, -0.2) is 12.8 Å². The quantitative estimate of drug-likeness (QED) is 0.472. The normalized spacial score (nSPS) is 13.0. The van der Waals surface area contributed by atoms with E-state index in [1.807, 2.05) is 31.2 Å². The zero-order valence-electron chi connectivity index (χ0n) is 12.1. The molecule has 1 unspecified atom stereocenters. The molecule has 0 aromatic heterocycles. The molecule has 0 heterocycles. The molecule has 6 heteroatoms. The molecule has 0 aliphatic heterocycles. The minimum Gasteiger partial charge on any atom is -0.207 e. The highest BCUT2D eigenvalue weighted by Crippen LogP contribution is 2.24. The number of rotatable bonds is 6. The van der Waals surface area contributed by atoms with Gasteiger partial charge in [-0.15, -0.1) is 0 Å². The summed E-state index contributed by atoms with van der Waals surface area (Å²) in [5, 5.41) is 0. The Morgan fingerprint density at radius 2 is 1.86 bits per heavy atom. The largest absolute Gasteiger partial charge is 0.241 e. The van der Waals surface area contributed by atoms with E-state index >= 15 is 0 Å². The Labute approximate surface area is 153 Å². The molecule has 118 valence electrons. The Hall–Kier alpha value is -0.440. The van der Waals surface area contributed by atoms with Crippen molar-refractivity contribution < 1.29 is 8.42 Å². The van der Waals surface area contributed by atoms with Crippen LogP contribution in [0.2, 0.25) is 0 Å². The van der Waals surface area contributed by atoms with Gasteiger partial charge in [0.25, 0.3) is 0 Å². The molecule has 0 fully saturated rings. The SMILES string of the molecule is Cc1ccc(S(=O)(=O)NC(CCI)c2cccc(Br)c2)cc1. The molecule has 0 saturated heterocycles. The maximum atomic E-state index is 12.6. The van der Waals surface area contributed by atoms with Gasteiger partial charge in [0.05, 0.1) is 4.90 Å². The number of sulfonamides is 1. The summed E-state index contributed by atoms with van der Waals surface area (Å²) in [5.41, 5.74) is 2.00. The molecule has 0 saturated carbocycles. The van der Waals surface area contributed by atoms with Crippen LogP contribution >= 0.6 is 38.5 Å². The first-order chi connectivity index (χ1) is 10.4. The van der Waals surface area contributed by atoms with E-state index in [0.717, 1.165) is 26.4 Å². The number of hydrogen-bond acceptors (Lipinski definition) is 2. The van der Waals surface area contributed by atoms with E-state index in [1.54, 1.807) is 24.3 Å². The van der Waals surface area contributed by atoms with Crippen molar-refractivity contribution in [2.45, 2.75) is 24.3 Å². The second-order valence-electron chi connectivity index (χ2n) is 5.02. The molecule has 0 aliphatic rings. The van der Waals surface area contributed by atoms with Gasteiger partial charge in [-0.05, 0) is 43.2 Å². The highest BCUT2D eigenvalue weighted by atomic mass is 127. The first kappa shape index (κ1) is 17.9. The standard InChI is InChI=1S/C16H17BrINO2S/c1-12-5-7-15(8-6-12)22(20,21)19-16(9-10-18)13-3-2-4-14(17)11-13/h2-8,11,16,19H,9-10H2,1H3. The van der Waals surface area contributed by atoms with E-state index < -0.39 is 10.0 Å². The van der Waals surface area contributed by atoms with Gasteiger partial charge in [-0.1, -0.05) is 68.3 Å². The highest BCUT2D eigenvalue weighted by Gasteiger charge is 2.21. The van der Waals surface area contributed by atoms with Crippen molar-refractivity contribution in [3.8, 4) is 0 Å². The minimum absolute atomic E-state index is 0.235. The fraction of sp³-hybridized carbons (Fsp3) is 0.250. The van der Waals surface area contributed by atoms with Crippen molar-refractivity contribution in [1.29, 1.82) is 0 Å². The predicted octanol–water partition coefficient (Wildman–Crippen LogP) is 4.60. The topological polar surface area (TPSA) is 46.2 Å². The van der Waals surface area contributed by atoms with Crippen LogP contribution in [0, 0.1) is 6.92 Å². The monoisotopic (exact) mass is 493 g/mol. The smallest absolute Gasteiger partial charge is 0.207 e. The second kappa shape index (κ2) is 7.90. The lowest BCUT2D eigenvalue weighted by Crippen LogP contribution is -2.29. The van der Waals surface area contributed by atoms with E-state index in [2.05, 4.69) is 43.2 Å². The van der Waals surface area contributed by atoms with Crippen molar-refractivity contribution >= 4 is 48.5 Å². The third-order valence-electron chi connectivity index (χ3n) is 3.28. The fourth-order valence-corrected chi connectivity index (χ4v) is 4.40. The maximum absolute atomic E-state index is 12.6. The van der Waals surface area contributed by atoms with Gasteiger partial charge in [0, 0.05) is 14.9 Å². The average Bonchev–Trinajstić information content (AvgIpc) is 2.47. The highest BCUT2D eigenvalue weighted by molar-refractivity contribution is 14.1. The van der Waals surface area contributed by atoms with Crippen molar-refractivity contribution in [3.05, 3.63) is 64.1 Å². The molecule has 1 atom stereocenters. The summed E-state index contributed by atoms with van der Waals surface area (Å²) in [6, 6.07) is 14.4. The molecular formula is C16H17BrINO2S. The summed E-state index contributed by atoms with van der Waals surface area (Å²) in [7, 11) is -3.53. The van der Waals surface area contributed by atoms with E-state index in [1.165, 1.54) is 0 Å². The molecule has 2 rings (SSSR count). The van der Waals surface area contributed by atoms with Gasteiger partial charge in [-0.2, -0.15) is 0 Å². The van der Waals surface area contributed by atoms with Crippen LogP contribution in [0.25, 0.3) is 0 Å². The van der Waals surface area contributed by atoms with E-state index in [-0.39, 0.29) is 6.04 Å². The molecule has 0 radical (unpaired) electrons. The Kier molecular flexibility index (Phi) is 6.43. The zero-order chi connectivity index (χ0) is 16.2. The Balaban J connectivity index is 2.28. The first-order valence-corrected chi connectivity index (χ1v) is 10.6. The first-order valence-electron chi connectivity index (χ1n) is 6.83. The molecule has 0 amide bonds. The third kappa shape index (κ3) is 4.78. The Morgan fingerprint density at radius 1 is 1.18 bits per heavy atom. The lowest BCUT2D eigenvalue weighted by Gasteiger charge is -2.19. The van der Waals surface area contributed by atoms with Crippen LogP contribution in [0.4, 0.5) is 0 Å². The van der Waals surface area contributed by atoms with Gasteiger partial charge in [-0.3, -0.25) is 0 Å². The summed E-state index contributed by atoms with van der Waals surface area (Å²) < 4.78 is 29.8. The summed E-state index contributed by atoms with van der Waals surface area (Å²) in [6.45, 7) is 1.93. The average molecular weight is 494 g/mol. The summed E-state index contributed by atoms with van der Waals surface area (Å²) in [4.78, 5) is 0.298. The van der Waals surface area contributed by atoms with Crippen LogP contribution in [0.5, 0.6) is 0 Å². The fourth-order valence-electron chi connectivity index (χ4n) is 2.10. The number of hydrogen-bond donors (Lipinski definition) is 1. The molecule has 2 aromatic carbocycles. The lowest BCUT2D eigenvalue weighted by molar-refractivity contribution is 0.552. The molecular weight excluding hydrogens is 477 g/mol. The van der Waals surface area contributed by atoms with Gasteiger partial charge < -0.3 is 0 Å². The number of benzene rings is 2. The van der Waals surface area contributed by atoms with Crippen LogP contribution in [0.1, 0.15) is 23.6 Å². The summed E-state index contributed by atoms with van der Waals surface area (Å²) in [6.07, 6.45) is 0.738. The van der Waals surface area contributed by atoms with Gasteiger partial charge in [-0.25, -0.2) is 13.1 Å². The van der Waals surface area contributed by atoms with Crippen molar-refractivity contribution in [2.24, 2.45) is 0 Å². The third-order valence-corrected chi connectivity index (χ3v) is 5.88. The predicted molar refractivity (Wildman–Crippen MR) is 102 cm³/mol. The number of nitrogens with one attached hydrogen (secondary N) is 1. The van der Waals surface area contributed by atoms with Crippen LogP contribution < -0.4 is 4.72 Å². The van der Waals surface area contributed by atoms with Crippen LogP contribution in [-0.2, 0) is 10.0 Å². The molecule has 3 nitrogen and oxygen atoms in total. The van der Waals surface area contributed by atoms with E-state index in [9.17, 15) is 8.42 Å². The minimum atomic E-state index is -3.53. The lowest BCUT2D eigenvalue weighted by atomic mass is 10.1. The molecule has 0 bridgehead atoms. The number of alkyl halides is 1. The molecule has 0 spiro atoms. The molecule has 1 N–H and O–H groups in total. The zero-order valence-corrected chi connectivity index (χ0v) is 16.7. The molecule has 0 aliphatic carbocycles. The second-order valence-corrected chi connectivity index (χ2v) is 8.73. The molecule has 22 heavy (non-hydrogen) atoms. The van der Waals surface area contributed by atoms with Gasteiger partial charge in [0.2, 0.25) is 10.0 Å². The summed E-state index contributed by atoms with van der Waals surface area (Å²) >= 11 is 5.70. The van der Waals surface area contributed by atoms with Crippen molar-refractivity contribution in [3.63, 3.8) is 0 Å². The molecule has 2 aromatic rings. The number of aryl methyl sites for hydroxylation is 1.